The summed E-state index contributed by atoms with van der Waals surface area (Å²) in [6, 6.07) is 8.38. The van der Waals surface area contributed by atoms with Crippen molar-refractivity contribution in [3.63, 3.8) is 0 Å². The second kappa shape index (κ2) is 5.06. The Morgan fingerprint density at radius 1 is 1.07 bits per heavy atom. The predicted octanol–water partition coefficient (Wildman–Crippen LogP) is 4.23. The maximum atomic E-state index is 4.44. The van der Waals surface area contributed by atoms with Crippen LogP contribution in [0.1, 0.15) is 25.0 Å². The Morgan fingerprint density at radius 2 is 1.64 bits per heavy atom. The van der Waals surface area contributed by atoms with Crippen LogP contribution in [0.25, 0.3) is 4.91 Å². The molecular weight excluding hydrogens is 188 g/mol. The largest absolute Gasteiger partial charge is 0.143 e. The fourth-order valence-corrected chi connectivity index (χ4v) is 1.29. The predicted molar refractivity (Wildman–Crippen MR) is 67.6 cm³/mol. The van der Waals surface area contributed by atoms with Crippen molar-refractivity contribution >= 4 is 17.5 Å². The number of benzene rings is 1. The highest BCUT2D eigenvalue weighted by atomic mass is 32.1. The molecule has 0 aromatic heterocycles. The van der Waals surface area contributed by atoms with Gasteiger partial charge in [0.05, 0.1) is 0 Å². The van der Waals surface area contributed by atoms with E-state index in [2.05, 4.69) is 63.7 Å². The third kappa shape index (κ3) is 3.43. The average molecular weight is 204 g/mol. The molecule has 0 heterocycles. The quantitative estimate of drug-likeness (QED) is 0.541. The summed E-state index contributed by atoms with van der Waals surface area (Å²) in [7, 11) is 0. The van der Waals surface area contributed by atoms with Crippen molar-refractivity contribution in [2.24, 2.45) is 0 Å². The monoisotopic (exact) mass is 204 g/mol. The lowest BCUT2D eigenvalue weighted by Gasteiger charge is -2.00. The zero-order valence-corrected chi connectivity index (χ0v) is 9.81. The molecule has 0 spiro atoms. The van der Waals surface area contributed by atoms with Crippen LogP contribution in [0.4, 0.5) is 0 Å². The number of thiol groups is 1. The maximum Gasteiger partial charge on any atom is 0.0113 e. The molecule has 74 valence electrons. The van der Waals surface area contributed by atoms with Crippen molar-refractivity contribution in [1.82, 2.24) is 0 Å². The van der Waals surface area contributed by atoms with Crippen LogP contribution in [0.3, 0.4) is 0 Å². The van der Waals surface area contributed by atoms with Gasteiger partial charge in [0.1, 0.15) is 0 Å². The standard InChI is InChI=1S/C13H16S/c1-10(2)4-9-13(14)12-7-5-11(3)6-8-12/h4-9,14H,1-3H3/b13-9-. The van der Waals surface area contributed by atoms with E-state index < -0.39 is 0 Å². The van der Waals surface area contributed by atoms with E-state index in [9.17, 15) is 0 Å². The molecule has 1 rings (SSSR count). The summed E-state index contributed by atoms with van der Waals surface area (Å²) in [4.78, 5) is 1.01. The number of allylic oxidation sites excluding steroid dienone is 3. The van der Waals surface area contributed by atoms with Gasteiger partial charge in [-0.05, 0) is 32.4 Å². The molecule has 1 aromatic carbocycles. The number of hydrogen-bond acceptors (Lipinski definition) is 1. The Bertz CT molecular complexity index is 351. The molecular formula is C13H16S. The molecule has 0 aliphatic carbocycles. The van der Waals surface area contributed by atoms with Crippen LogP contribution in [-0.2, 0) is 0 Å². The van der Waals surface area contributed by atoms with E-state index in [0.29, 0.717) is 0 Å². The maximum absolute atomic E-state index is 4.44. The molecule has 1 aromatic rings. The second-order valence-corrected chi connectivity index (χ2v) is 4.14. The smallest absolute Gasteiger partial charge is 0.0113 e. The Labute approximate surface area is 91.8 Å². The van der Waals surface area contributed by atoms with Crippen molar-refractivity contribution in [3.05, 3.63) is 53.1 Å². The third-order valence-corrected chi connectivity index (χ3v) is 2.33. The molecule has 1 heteroatoms. The van der Waals surface area contributed by atoms with Crippen LogP contribution in [0.15, 0.2) is 42.0 Å². The molecule has 0 aliphatic rings. The van der Waals surface area contributed by atoms with Crippen LogP contribution in [0, 0.1) is 6.92 Å². The summed E-state index contributed by atoms with van der Waals surface area (Å²) in [5.41, 5.74) is 3.72. The van der Waals surface area contributed by atoms with E-state index in [0.717, 1.165) is 10.5 Å². The van der Waals surface area contributed by atoms with Gasteiger partial charge < -0.3 is 0 Å². The molecule has 0 aliphatic heterocycles. The molecule has 0 amide bonds. The normalized spacial score (nSPS) is 11.3. The number of hydrogen-bond donors (Lipinski definition) is 1. The van der Waals surface area contributed by atoms with Crippen molar-refractivity contribution in [1.29, 1.82) is 0 Å². The van der Waals surface area contributed by atoms with Gasteiger partial charge in [0.2, 0.25) is 0 Å². The second-order valence-electron chi connectivity index (χ2n) is 3.66. The van der Waals surface area contributed by atoms with Crippen LogP contribution >= 0.6 is 12.6 Å². The molecule has 0 saturated heterocycles. The van der Waals surface area contributed by atoms with E-state index in [1.165, 1.54) is 11.1 Å². The Kier molecular flexibility index (Phi) is 4.02. The highest BCUT2D eigenvalue weighted by molar-refractivity contribution is 7.90. The third-order valence-electron chi connectivity index (χ3n) is 1.92. The van der Waals surface area contributed by atoms with Crippen LogP contribution in [-0.4, -0.2) is 0 Å². The molecule has 0 radical (unpaired) electrons. The van der Waals surface area contributed by atoms with Crippen LogP contribution < -0.4 is 0 Å². The lowest BCUT2D eigenvalue weighted by Crippen LogP contribution is -1.77. The first kappa shape index (κ1) is 11.1. The van der Waals surface area contributed by atoms with E-state index in [1.54, 1.807) is 0 Å². The van der Waals surface area contributed by atoms with E-state index in [4.69, 9.17) is 0 Å². The molecule has 0 N–H and O–H groups in total. The molecule has 0 atom stereocenters. The summed E-state index contributed by atoms with van der Waals surface area (Å²) in [6.45, 7) is 6.24. The minimum atomic E-state index is 1.01. The van der Waals surface area contributed by atoms with Crippen molar-refractivity contribution in [3.8, 4) is 0 Å². The summed E-state index contributed by atoms with van der Waals surface area (Å²) in [5, 5.41) is 0. The summed E-state index contributed by atoms with van der Waals surface area (Å²) in [6.07, 6.45) is 4.10. The van der Waals surface area contributed by atoms with Gasteiger partial charge >= 0.3 is 0 Å². The van der Waals surface area contributed by atoms with E-state index in [1.807, 2.05) is 6.08 Å². The highest BCUT2D eigenvalue weighted by Gasteiger charge is 1.93. The van der Waals surface area contributed by atoms with Gasteiger partial charge in [0, 0.05) is 4.91 Å². The van der Waals surface area contributed by atoms with Crippen molar-refractivity contribution in [2.45, 2.75) is 20.8 Å². The summed E-state index contributed by atoms with van der Waals surface area (Å²) in [5.74, 6) is 0. The lowest BCUT2D eigenvalue weighted by molar-refractivity contribution is 1.39. The topological polar surface area (TPSA) is 0 Å². The fraction of sp³-hybridized carbons (Fsp3) is 0.231. The lowest BCUT2D eigenvalue weighted by atomic mass is 10.1. The summed E-state index contributed by atoms with van der Waals surface area (Å²) < 4.78 is 0. The highest BCUT2D eigenvalue weighted by Crippen LogP contribution is 2.18. The molecule has 0 bridgehead atoms. The molecule has 0 fully saturated rings. The molecule has 0 saturated carbocycles. The van der Waals surface area contributed by atoms with Gasteiger partial charge in [-0.3, -0.25) is 0 Å². The minimum absolute atomic E-state index is 1.01. The van der Waals surface area contributed by atoms with Crippen molar-refractivity contribution in [2.75, 3.05) is 0 Å². The van der Waals surface area contributed by atoms with Crippen LogP contribution in [0.2, 0.25) is 0 Å². The van der Waals surface area contributed by atoms with E-state index >= 15 is 0 Å². The first-order valence-corrected chi connectivity index (χ1v) is 5.15. The minimum Gasteiger partial charge on any atom is -0.143 e. The Balaban J connectivity index is 2.89. The SMILES string of the molecule is CC(C)=C/C=C(\S)c1ccc(C)cc1. The van der Waals surface area contributed by atoms with Gasteiger partial charge in [-0.1, -0.05) is 41.5 Å². The molecule has 0 nitrogen and oxygen atoms in total. The zero-order chi connectivity index (χ0) is 10.6. The molecule has 0 unspecified atom stereocenters. The van der Waals surface area contributed by atoms with Crippen LogP contribution in [0.5, 0.6) is 0 Å². The zero-order valence-electron chi connectivity index (χ0n) is 8.91. The van der Waals surface area contributed by atoms with Gasteiger partial charge in [0.15, 0.2) is 0 Å². The number of aryl methyl sites for hydroxylation is 1. The summed E-state index contributed by atoms with van der Waals surface area (Å²) >= 11 is 4.44. The molecule has 14 heavy (non-hydrogen) atoms. The number of rotatable bonds is 2. The van der Waals surface area contributed by atoms with Gasteiger partial charge in [0.25, 0.3) is 0 Å². The first-order chi connectivity index (χ1) is 6.59. The Hall–Kier alpha value is -0.950. The Morgan fingerprint density at radius 3 is 2.14 bits per heavy atom. The van der Waals surface area contributed by atoms with Gasteiger partial charge in [-0.25, -0.2) is 0 Å². The van der Waals surface area contributed by atoms with E-state index in [-0.39, 0.29) is 0 Å². The first-order valence-electron chi connectivity index (χ1n) is 4.71. The average Bonchev–Trinajstić information content (AvgIpc) is 2.15. The fourth-order valence-electron chi connectivity index (χ4n) is 1.07. The van der Waals surface area contributed by atoms with Gasteiger partial charge in [-0.15, -0.1) is 12.6 Å². The van der Waals surface area contributed by atoms with Crippen molar-refractivity contribution < 1.29 is 0 Å². The van der Waals surface area contributed by atoms with Gasteiger partial charge in [-0.2, -0.15) is 0 Å².